The highest BCUT2D eigenvalue weighted by atomic mass is 16.3. The summed E-state index contributed by atoms with van der Waals surface area (Å²) < 4.78 is 2.51. The van der Waals surface area contributed by atoms with Crippen molar-refractivity contribution in [1.29, 1.82) is 0 Å². The van der Waals surface area contributed by atoms with Crippen LogP contribution >= 0.6 is 0 Å². The van der Waals surface area contributed by atoms with Crippen LogP contribution in [0.1, 0.15) is 72.9 Å². The van der Waals surface area contributed by atoms with E-state index in [1.807, 2.05) is 4.90 Å². The zero-order chi connectivity index (χ0) is 28.0. The quantitative estimate of drug-likeness (QED) is 0.325. The lowest BCUT2D eigenvalue weighted by Gasteiger charge is -2.45. The maximum Gasteiger partial charge on any atom is 0.276 e. The van der Waals surface area contributed by atoms with Gasteiger partial charge in [-0.1, -0.05) is 42.5 Å². The highest BCUT2D eigenvalue weighted by Crippen LogP contribution is 2.45. The van der Waals surface area contributed by atoms with E-state index in [2.05, 4.69) is 76.0 Å². The summed E-state index contributed by atoms with van der Waals surface area (Å²) in [5.74, 6) is 0.912. The number of aromatic hydroxyl groups is 1. The van der Waals surface area contributed by atoms with Gasteiger partial charge in [0.15, 0.2) is 5.69 Å². The minimum Gasteiger partial charge on any atom is -0.505 e. The fourth-order valence-electron chi connectivity index (χ4n) is 8.11. The van der Waals surface area contributed by atoms with Crippen molar-refractivity contribution in [3.05, 3.63) is 90.0 Å². The van der Waals surface area contributed by atoms with Crippen molar-refractivity contribution >= 4 is 16.9 Å². The highest BCUT2D eigenvalue weighted by Gasteiger charge is 2.44. The van der Waals surface area contributed by atoms with Gasteiger partial charge in [0.05, 0.1) is 11.0 Å². The van der Waals surface area contributed by atoms with Crippen LogP contribution in [0.4, 0.5) is 0 Å². The molecule has 3 fully saturated rings. The van der Waals surface area contributed by atoms with Gasteiger partial charge < -0.3 is 14.6 Å². The molecule has 2 bridgehead atoms. The summed E-state index contributed by atoms with van der Waals surface area (Å²) in [6.07, 6.45) is 9.43. The van der Waals surface area contributed by atoms with Gasteiger partial charge in [0.2, 0.25) is 0 Å². The molecule has 0 radical (unpaired) electrons. The molecule has 41 heavy (non-hydrogen) atoms. The molecule has 1 unspecified atom stereocenters. The van der Waals surface area contributed by atoms with E-state index < -0.39 is 0 Å². The second kappa shape index (κ2) is 10.6. The summed E-state index contributed by atoms with van der Waals surface area (Å²) >= 11 is 0. The van der Waals surface area contributed by atoms with Crippen LogP contribution in [0.3, 0.4) is 0 Å². The SMILES string of the molecule is Cc1nc2ccccc2n1C1C[C@H]2CC[C@@H](C1)N2CCC1(c2ccccc2)CCN(C(=O)c2ncccc2O)CC1. The number of rotatable bonds is 6. The van der Waals surface area contributed by atoms with Crippen molar-refractivity contribution in [3.8, 4) is 5.75 Å². The largest absolute Gasteiger partial charge is 0.505 e. The van der Waals surface area contributed by atoms with Crippen LogP contribution in [-0.2, 0) is 5.41 Å². The third-order valence-electron chi connectivity index (χ3n) is 10.2. The van der Waals surface area contributed by atoms with Gasteiger partial charge >= 0.3 is 0 Å². The van der Waals surface area contributed by atoms with Gasteiger partial charge in [-0.2, -0.15) is 0 Å². The number of benzene rings is 2. The molecule has 1 amide bonds. The van der Waals surface area contributed by atoms with Crippen molar-refractivity contribution in [2.45, 2.75) is 75.4 Å². The summed E-state index contributed by atoms with van der Waals surface area (Å²) in [5, 5.41) is 10.2. The first-order valence-electron chi connectivity index (χ1n) is 15.2. The number of amides is 1. The molecule has 2 aromatic carbocycles. The molecule has 1 N–H and O–H groups in total. The Balaban J connectivity index is 1.07. The van der Waals surface area contributed by atoms with Gasteiger partial charge in [-0.05, 0) is 93.7 Å². The molecule has 4 aromatic rings. The maximum atomic E-state index is 13.2. The molecular formula is C34H39N5O2. The Morgan fingerprint density at radius 3 is 2.37 bits per heavy atom. The number of pyridine rings is 1. The Kier molecular flexibility index (Phi) is 6.78. The van der Waals surface area contributed by atoms with Crippen LogP contribution in [-0.4, -0.2) is 67.1 Å². The monoisotopic (exact) mass is 549 g/mol. The summed E-state index contributed by atoms with van der Waals surface area (Å²) in [7, 11) is 0. The van der Waals surface area contributed by atoms with Crippen molar-refractivity contribution < 1.29 is 9.90 Å². The lowest BCUT2D eigenvalue weighted by molar-refractivity contribution is 0.0599. The van der Waals surface area contributed by atoms with Crippen molar-refractivity contribution in [2.24, 2.45) is 0 Å². The number of imidazole rings is 1. The summed E-state index contributed by atoms with van der Waals surface area (Å²) in [5.41, 5.74) is 3.95. The number of aryl methyl sites for hydroxylation is 1. The van der Waals surface area contributed by atoms with Crippen LogP contribution in [0.2, 0.25) is 0 Å². The number of likely N-dealkylation sites (tertiary alicyclic amines) is 1. The normalized spacial score (nSPS) is 24.1. The number of hydrogen-bond acceptors (Lipinski definition) is 5. The van der Waals surface area contributed by atoms with Gasteiger partial charge in [-0.3, -0.25) is 9.69 Å². The Morgan fingerprint density at radius 2 is 1.63 bits per heavy atom. The van der Waals surface area contributed by atoms with Crippen LogP contribution in [0.15, 0.2) is 72.9 Å². The molecule has 3 aliphatic heterocycles. The van der Waals surface area contributed by atoms with E-state index in [4.69, 9.17) is 4.98 Å². The maximum absolute atomic E-state index is 13.2. The minimum absolute atomic E-state index is 0.0393. The zero-order valence-corrected chi connectivity index (χ0v) is 23.8. The zero-order valence-electron chi connectivity index (χ0n) is 23.8. The Morgan fingerprint density at radius 1 is 0.927 bits per heavy atom. The first-order valence-corrected chi connectivity index (χ1v) is 15.2. The van der Waals surface area contributed by atoms with Crippen molar-refractivity contribution in [1.82, 2.24) is 24.3 Å². The average Bonchev–Trinajstić information content (AvgIpc) is 3.47. The molecule has 3 atom stereocenters. The number of piperidine rings is 2. The lowest BCUT2D eigenvalue weighted by atomic mass is 9.70. The number of para-hydroxylation sites is 2. The van der Waals surface area contributed by atoms with Crippen molar-refractivity contribution in [2.75, 3.05) is 19.6 Å². The van der Waals surface area contributed by atoms with Gasteiger partial charge in [-0.25, -0.2) is 9.97 Å². The molecule has 3 saturated heterocycles. The highest BCUT2D eigenvalue weighted by molar-refractivity contribution is 5.94. The molecule has 2 aromatic heterocycles. The molecule has 5 heterocycles. The number of carbonyl (C=O) groups excluding carboxylic acids is 1. The Labute approximate surface area is 241 Å². The Hall–Kier alpha value is -3.71. The number of aromatic nitrogens is 3. The van der Waals surface area contributed by atoms with Gasteiger partial charge in [0.1, 0.15) is 11.6 Å². The molecule has 212 valence electrons. The predicted molar refractivity (Wildman–Crippen MR) is 160 cm³/mol. The standard InChI is InChI=1S/C34H39N5O2/c1-24-36-29-10-5-6-11-30(29)39(24)28-22-26-13-14-27(23-28)38(26)21-17-34(25-8-3-2-4-9-25)15-19-37(20-16-34)33(41)32-31(40)12-7-18-35-32/h2-12,18,26-28,40H,13-17,19-23H2,1H3/t26-,27+,28?. The molecule has 7 heteroatoms. The van der Waals surface area contributed by atoms with Crippen LogP contribution in [0.25, 0.3) is 11.0 Å². The molecular weight excluding hydrogens is 510 g/mol. The Bertz CT molecular complexity index is 1530. The van der Waals surface area contributed by atoms with E-state index in [0.29, 0.717) is 31.2 Å². The van der Waals surface area contributed by atoms with E-state index >= 15 is 0 Å². The minimum atomic E-state index is -0.174. The van der Waals surface area contributed by atoms with Gasteiger partial charge in [-0.15, -0.1) is 0 Å². The predicted octanol–water partition coefficient (Wildman–Crippen LogP) is 5.88. The van der Waals surface area contributed by atoms with Gasteiger partial charge in [0, 0.05) is 37.4 Å². The summed E-state index contributed by atoms with van der Waals surface area (Å²) in [6, 6.07) is 24.4. The topological polar surface area (TPSA) is 74.5 Å². The molecule has 7 rings (SSSR count). The number of hydrogen-bond donors (Lipinski definition) is 1. The molecule has 3 aliphatic rings. The van der Waals surface area contributed by atoms with E-state index in [9.17, 15) is 9.90 Å². The fraction of sp³-hybridized carbons (Fsp3) is 0.441. The number of fused-ring (bicyclic) bond motifs is 3. The smallest absolute Gasteiger partial charge is 0.276 e. The molecule has 0 saturated carbocycles. The first kappa shape index (κ1) is 26.2. The number of nitrogens with zero attached hydrogens (tertiary/aromatic N) is 5. The van der Waals surface area contributed by atoms with Crippen LogP contribution in [0, 0.1) is 6.92 Å². The molecule has 0 spiro atoms. The first-order chi connectivity index (χ1) is 20.0. The van der Waals surface area contributed by atoms with E-state index in [-0.39, 0.29) is 22.8 Å². The second-order valence-electron chi connectivity index (χ2n) is 12.3. The fourth-order valence-corrected chi connectivity index (χ4v) is 8.11. The molecule has 0 aliphatic carbocycles. The summed E-state index contributed by atoms with van der Waals surface area (Å²) in [4.78, 5) is 26.9. The third-order valence-corrected chi connectivity index (χ3v) is 10.2. The number of carbonyl (C=O) groups is 1. The average molecular weight is 550 g/mol. The van der Waals surface area contributed by atoms with Gasteiger partial charge in [0.25, 0.3) is 5.91 Å². The van der Waals surface area contributed by atoms with Crippen molar-refractivity contribution in [3.63, 3.8) is 0 Å². The van der Waals surface area contributed by atoms with Crippen LogP contribution in [0.5, 0.6) is 5.75 Å². The van der Waals surface area contributed by atoms with E-state index in [1.165, 1.54) is 42.8 Å². The second-order valence-corrected chi connectivity index (χ2v) is 12.3. The molecule has 7 nitrogen and oxygen atoms in total. The van der Waals surface area contributed by atoms with E-state index in [0.717, 1.165) is 37.1 Å². The van der Waals surface area contributed by atoms with E-state index in [1.54, 1.807) is 12.3 Å². The third kappa shape index (κ3) is 4.70. The lowest BCUT2D eigenvalue weighted by Crippen LogP contribution is -2.49. The van der Waals surface area contributed by atoms with Crippen LogP contribution < -0.4 is 0 Å². The summed E-state index contributed by atoms with van der Waals surface area (Å²) in [6.45, 7) is 4.59.